The lowest BCUT2D eigenvalue weighted by atomic mass is 9.72. The van der Waals surface area contributed by atoms with Gasteiger partial charge in [-0.15, -0.1) is 12.4 Å². The summed E-state index contributed by atoms with van der Waals surface area (Å²) in [5, 5.41) is 49.8. The van der Waals surface area contributed by atoms with E-state index >= 15 is 0 Å². The van der Waals surface area contributed by atoms with E-state index in [-0.39, 0.29) is 59.2 Å². The number of rotatable bonds is 9. The van der Waals surface area contributed by atoms with Gasteiger partial charge in [0.25, 0.3) is 0 Å². The third-order valence-electron chi connectivity index (χ3n) is 10.7. The molecular formula is C41H42ClNO10. The lowest BCUT2D eigenvalue weighted by molar-refractivity contribution is -0.249. The number of nitrogens with one attached hydrogen (secondary N) is 1. The molecule has 4 aromatic carbocycles. The van der Waals surface area contributed by atoms with E-state index in [0.29, 0.717) is 6.54 Å². The van der Waals surface area contributed by atoms with Gasteiger partial charge in [-0.3, -0.25) is 14.4 Å². The number of hydrogen-bond acceptors (Lipinski definition) is 11. The maximum absolute atomic E-state index is 14.0. The van der Waals surface area contributed by atoms with Crippen molar-refractivity contribution in [3.63, 3.8) is 0 Å². The molecule has 7 rings (SSSR count). The summed E-state index contributed by atoms with van der Waals surface area (Å²) in [7, 11) is 1.35. The smallest absolute Gasteiger partial charge is 0.202 e. The number of carbonyl (C=O) groups is 3. The topological polar surface area (TPSA) is 172 Å². The van der Waals surface area contributed by atoms with E-state index in [9.17, 15) is 34.8 Å². The van der Waals surface area contributed by atoms with Crippen LogP contribution in [-0.2, 0) is 20.7 Å². The summed E-state index contributed by atoms with van der Waals surface area (Å²) in [5.41, 5.74) is -0.852. The molecule has 4 aromatic rings. The molecule has 11 nitrogen and oxygen atoms in total. The summed E-state index contributed by atoms with van der Waals surface area (Å²) in [6.45, 7) is 3.39. The molecule has 0 saturated carbocycles. The van der Waals surface area contributed by atoms with Crippen molar-refractivity contribution in [1.82, 2.24) is 5.32 Å². The zero-order chi connectivity index (χ0) is 36.9. The van der Waals surface area contributed by atoms with Crippen LogP contribution in [0.15, 0.2) is 78.9 Å². The molecule has 1 saturated heterocycles. The van der Waals surface area contributed by atoms with Crippen LogP contribution in [0, 0.1) is 0 Å². The van der Waals surface area contributed by atoms with Crippen molar-refractivity contribution in [2.24, 2.45) is 0 Å². The van der Waals surface area contributed by atoms with Gasteiger partial charge in [0.05, 0.1) is 42.1 Å². The normalized spacial score (nSPS) is 24.8. The highest BCUT2D eigenvalue weighted by Gasteiger charge is 2.49. The first kappa shape index (κ1) is 38.1. The maximum atomic E-state index is 14.0. The summed E-state index contributed by atoms with van der Waals surface area (Å²) in [6, 6.07) is 24.0. The molecule has 0 amide bonds. The Hall–Kier alpha value is -4.62. The fraction of sp³-hybridized carbons (Fsp3) is 0.341. The molecule has 3 aliphatic rings. The van der Waals surface area contributed by atoms with Gasteiger partial charge < -0.3 is 40.0 Å². The quantitative estimate of drug-likeness (QED) is 0.130. The van der Waals surface area contributed by atoms with Crippen LogP contribution in [0.1, 0.15) is 92.8 Å². The molecule has 1 fully saturated rings. The number of methoxy groups -OCH3 is 1. The van der Waals surface area contributed by atoms with Crippen molar-refractivity contribution in [2.75, 3.05) is 13.7 Å². The SMILES string of the molecule is COc1cccc2c1C(=O)c1c(O)c3c(c(O)c1C2=O)C[C@@](O)(C(C)=O)C[C@@H]3OC1CC(NCC(c2ccccc2)c2ccccc2)C(O)C(C)O1.Cl. The third kappa shape index (κ3) is 6.73. The number of carbonyl (C=O) groups excluding carboxylic acids is 3. The Morgan fingerprint density at radius 1 is 0.925 bits per heavy atom. The third-order valence-corrected chi connectivity index (χ3v) is 10.7. The molecule has 1 heterocycles. The Labute approximate surface area is 312 Å². The summed E-state index contributed by atoms with van der Waals surface area (Å²) in [4.78, 5) is 40.6. The van der Waals surface area contributed by atoms with Crippen LogP contribution in [0.5, 0.6) is 17.2 Å². The molecular weight excluding hydrogens is 702 g/mol. The molecule has 6 atom stereocenters. The number of ether oxygens (including phenoxy) is 3. The van der Waals surface area contributed by atoms with Crippen molar-refractivity contribution in [1.29, 1.82) is 0 Å². The Morgan fingerprint density at radius 3 is 2.15 bits per heavy atom. The van der Waals surface area contributed by atoms with E-state index in [1.165, 1.54) is 32.2 Å². The van der Waals surface area contributed by atoms with Crippen molar-refractivity contribution >= 4 is 29.8 Å². The minimum absolute atomic E-state index is 0. The molecule has 0 radical (unpaired) electrons. The van der Waals surface area contributed by atoms with Gasteiger partial charge in [0, 0.05) is 54.5 Å². The Bertz CT molecular complexity index is 2000. The zero-order valence-corrected chi connectivity index (χ0v) is 30.3. The highest BCUT2D eigenvalue weighted by Crippen LogP contribution is 2.52. The van der Waals surface area contributed by atoms with Gasteiger partial charge in [0.1, 0.15) is 22.8 Å². The fourth-order valence-corrected chi connectivity index (χ4v) is 7.90. The number of aliphatic hydroxyl groups excluding tert-OH is 1. The summed E-state index contributed by atoms with van der Waals surface area (Å²) in [6.07, 6.45) is -4.50. The molecule has 0 bridgehead atoms. The van der Waals surface area contributed by atoms with Crippen molar-refractivity contribution in [3.8, 4) is 17.2 Å². The van der Waals surface area contributed by atoms with Crippen LogP contribution in [0.25, 0.3) is 0 Å². The molecule has 2 aliphatic carbocycles. The number of halogens is 1. The largest absolute Gasteiger partial charge is 0.507 e. The highest BCUT2D eigenvalue weighted by molar-refractivity contribution is 6.31. The predicted molar refractivity (Wildman–Crippen MR) is 196 cm³/mol. The van der Waals surface area contributed by atoms with Crippen molar-refractivity contribution < 1.29 is 49.0 Å². The second-order valence-electron chi connectivity index (χ2n) is 13.9. The lowest BCUT2D eigenvalue weighted by Crippen LogP contribution is -2.55. The average Bonchev–Trinajstić information content (AvgIpc) is 3.14. The number of phenolic OH excluding ortho intramolecular Hbond substituents is 2. The van der Waals surface area contributed by atoms with Gasteiger partial charge in [0.15, 0.2) is 17.9 Å². The number of fused-ring (bicyclic) bond motifs is 3. The van der Waals surface area contributed by atoms with Crippen molar-refractivity contribution in [3.05, 3.63) is 123 Å². The first-order valence-electron chi connectivity index (χ1n) is 17.4. The van der Waals surface area contributed by atoms with Crippen LogP contribution in [0.4, 0.5) is 0 Å². The first-order valence-corrected chi connectivity index (χ1v) is 17.4. The van der Waals surface area contributed by atoms with Gasteiger partial charge >= 0.3 is 0 Å². The number of ketones is 3. The second kappa shape index (κ2) is 15.0. The molecule has 12 heteroatoms. The van der Waals surface area contributed by atoms with E-state index in [2.05, 4.69) is 29.6 Å². The molecule has 4 unspecified atom stereocenters. The first-order chi connectivity index (χ1) is 24.9. The maximum Gasteiger partial charge on any atom is 0.202 e. The van der Waals surface area contributed by atoms with E-state index < -0.39 is 82.6 Å². The van der Waals surface area contributed by atoms with Crippen molar-refractivity contribution in [2.45, 2.75) is 75.3 Å². The zero-order valence-electron chi connectivity index (χ0n) is 29.4. The van der Waals surface area contributed by atoms with Crippen LogP contribution in [-0.4, -0.2) is 81.6 Å². The minimum Gasteiger partial charge on any atom is -0.507 e. The standard InChI is InChI=1S/C41H41NO10.ClH/c1-21-36(44)28(42-20-27(23-11-6-4-7-12-23)24-13-8-5-9-14-24)17-31(51-21)52-30-19-41(49,22(2)43)18-26-33(30)40(48)35-34(38(26)46)37(45)25-15-10-16-29(50-3)32(25)39(35)47;/h4-16,21,27-28,30-31,36,42,44,46,48-49H,17-20H2,1-3H3;1H/t21?,28?,30-,31?,36?,41-;/m0./s1. The summed E-state index contributed by atoms with van der Waals surface area (Å²) in [5.74, 6) is -3.18. The monoisotopic (exact) mass is 743 g/mol. The molecule has 5 N–H and O–H groups in total. The second-order valence-corrected chi connectivity index (χ2v) is 13.9. The van der Waals surface area contributed by atoms with E-state index in [1.807, 2.05) is 36.4 Å². The van der Waals surface area contributed by atoms with Crippen LogP contribution in [0.2, 0.25) is 0 Å². The number of benzene rings is 4. The lowest BCUT2D eigenvalue weighted by Gasteiger charge is -2.43. The number of hydrogen-bond donors (Lipinski definition) is 5. The average molecular weight is 744 g/mol. The predicted octanol–water partition coefficient (Wildman–Crippen LogP) is 4.91. The van der Waals surface area contributed by atoms with E-state index in [1.54, 1.807) is 6.92 Å². The molecule has 53 heavy (non-hydrogen) atoms. The molecule has 0 aromatic heterocycles. The minimum atomic E-state index is -2.03. The molecule has 0 spiro atoms. The fourth-order valence-electron chi connectivity index (χ4n) is 7.90. The van der Waals surface area contributed by atoms with Gasteiger partial charge in [0.2, 0.25) is 5.78 Å². The van der Waals surface area contributed by atoms with Crippen LogP contribution < -0.4 is 10.1 Å². The van der Waals surface area contributed by atoms with Crippen LogP contribution in [0.3, 0.4) is 0 Å². The molecule has 1 aliphatic heterocycles. The van der Waals surface area contributed by atoms with Gasteiger partial charge in [-0.1, -0.05) is 72.8 Å². The van der Waals surface area contributed by atoms with Crippen LogP contribution >= 0.6 is 12.4 Å². The number of phenols is 2. The molecule has 278 valence electrons. The Kier molecular flexibility index (Phi) is 10.8. The van der Waals surface area contributed by atoms with E-state index in [0.717, 1.165) is 11.1 Å². The number of aliphatic hydroxyl groups is 2. The van der Waals surface area contributed by atoms with E-state index in [4.69, 9.17) is 14.2 Å². The van der Waals surface area contributed by atoms with Gasteiger partial charge in [-0.2, -0.15) is 0 Å². The number of aromatic hydroxyl groups is 2. The van der Waals surface area contributed by atoms with Gasteiger partial charge in [-0.25, -0.2) is 0 Å². The Morgan fingerprint density at radius 2 is 1.55 bits per heavy atom. The summed E-state index contributed by atoms with van der Waals surface area (Å²) < 4.78 is 17.9. The number of Topliss-reactive ketones (excluding diaryl/α,β-unsaturated/α-hetero) is 1. The Balaban J connectivity index is 0.00000481. The highest BCUT2D eigenvalue weighted by atomic mass is 35.5. The summed E-state index contributed by atoms with van der Waals surface area (Å²) >= 11 is 0. The van der Waals surface area contributed by atoms with Gasteiger partial charge in [-0.05, 0) is 31.0 Å².